The fourth-order valence-corrected chi connectivity index (χ4v) is 15.4. The van der Waals surface area contributed by atoms with E-state index in [-0.39, 0.29) is 0 Å². The molecule has 16 aromatic rings. The molecular formula is C86H54N2O2S2. The molecule has 2 aliphatic rings. The lowest BCUT2D eigenvalue weighted by Gasteiger charge is -2.21. The van der Waals surface area contributed by atoms with Crippen molar-refractivity contribution >= 4 is 66.6 Å². The molecule has 0 aliphatic carbocycles. The number of benzene rings is 14. The topological polar surface area (TPSA) is 44.2 Å². The Labute approximate surface area is 542 Å². The molecule has 2 aromatic heterocycles. The van der Waals surface area contributed by atoms with Gasteiger partial charge in [0.1, 0.15) is 0 Å². The molecule has 0 saturated heterocycles. The van der Waals surface area contributed by atoms with Gasteiger partial charge in [-0.2, -0.15) is 0 Å². The molecule has 2 aliphatic heterocycles. The number of nitrogens with zero attached hydrogens (tertiary/aromatic N) is 2. The molecule has 0 spiro atoms. The van der Waals surface area contributed by atoms with Crippen molar-refractivity contribution in [2.75, 3.05) is 0 Å². The second-order valence-corrected chi connectivity index (χ2v) is 25.2. The average molecular weight is 1210 g/mol. The molecule has 432 valence electrons. The van der Waals surface area contributed by atoms with E-state index >= 15 is 0 Å². The van der Waals surface area contributed by atoms with E-state index in [9.17, 15) is 0 Å². The third-order valence-electron chi connectivity index (χ3n) is 17.6. The molecular weight excluding hydrogens is 1160 g/mol. The number of ether oxygens (including phenoxy) is 2. The Morgan fingerprint density at radius 3 is 0.935 bits per heavy atom. The van der Waals surface area contributed by atoms with Gasteiger partial charge in [0.05, 0.1) is 11.4 Å². The summed E-state index contributed by atoms with van der Waals surface area (Å²) in [6, 6.07) is 112. The Morgan fingerprint density at radius 1 is 0.196 bits per heavy atom. The van der Waals surface area contributed by atoms with Crippen LogP contribution in [-0.2, 0) is 0 Å². The Hall–Kier alpha value is -11.3. The molecule has 14 aromatic carbocycles. The highest BCUT2D eigenvalue weighted by molar-refractivity contribution is 8.05. The predicted molar refractivity (Wildman–Crippen MR) is 383 cm³/mol. The molecule has 6 heteroatoms. The molecule has 0 amide bonds. The second kappa shape index (κ2) is 23.6. The summed E-state index contributed by atoms with van der Waals surface area (Å²) in [5.74, 6) is 2.85. The van der Waals surface area contributed by atoms with E-state index in [2.05, 4.69) is 279 Å². The van der Waals surface area contributed by atoms with E-state index < -0.39 is 0 Å². The average Bonchev–Trinajstić information content (AvgIpc) is 0.763. The third kappa shape index (κ3) is 10.1. The molecule has 0 fully saturated rings. The van der Waals surface area contributed by atoms with Crippen LogP contribution in [0, 0.1) is 0 Å². The smallest absolute Gasteiger partial charge is 0.170 e. The first kappa shape index (κ1) is 54.8. The highest BCUT2D eigenvalue weighted by Crippen LogP contribution is 2.51. The van der Waals surface area contributed by atoms with E-state index in [0.717, 1.165) is 45.1 Å². The minimum atomic E-state index is 0.699. The van der Waals surface area contributed by atoms with Crippen molar-refractivity contribution in [3.63, 3.8) is 0 Å². The summed E-state index contributed by atoms with van der Waals surface area (Å²) < 4.78 is 12.2. The SMILES string of the molecule is c1ccc(-c2ccc(-c3c4ccccc4c(-c4ccc(-c5ccc6c(c5)Oc5ccccc5O6)cn4)c4ccccc34)cc2)cc1.c1ccc(-c2ccc(-c3c4ccccc4c(-c4ccc(-c5ccc6c(c5)Sc5ccccc5S6)cn4)c4ccccc34)cc2)cc1. The van der Waals surface area contributed by atoms with Crippen molar-refractivity contribution in [2.24, 2.45) is 0 Å². The van der Waals surface area contributed by atoms with Crippen LogP contribution in [-0.4, -0.2) is 9.97 Å². The van der Waals surface area contributed by atoms with Gasteiger partial charge in [-0.3, -0.25) is 9.97 Å². The van der Waals surface area contributed by atoms with Gasteiger partial charge in [0.2, 0.25) is 0 Å². The van der Waals surface area contributed by atoms with Crippen LogP contribution in [0.1, 0.15) is 0 Å². The lowest BCUT2D eigenvalue weighted by atomic mass is 9.87. The second-order valence-electron chi connectivity index (χ2n) is 23.1. The van der Waals surface area contributed by atoms with E-state index in [0.29, 0.717) is 11.5 Å². The van der Waals surface area contributed by atoms with Crippen molar-refractivity contribution in [3.05, 3.63) is 328 Å². The van der Waals surface area contributed by atoms with E-state index in [1.54, 1.807) is 0 Å². The fourth-order valence-electron chi connectivity index (χ4n) is 13.2. The van der Waals surface area contributed by atoms with Crippen LogP contribution >= 0.6 is 23.5 Å². The van der Waals surface area contributed by atoms with Crippen LogP contribution in [0.3, 0.4) is 0 Å². The zero-order valence-corrected chi connectivity index (χ0v) is 51.3. The summed E-state index contributed by atoms with van der Waals surface area (Å²) in [7, 11) is 0. The Balaban J connectivity index is 0.000000141. The third-order valence-corrected chi connectivity index (χ3v) is 20.1. The Morgan fingerprint density at radius 2 is 0.500 bits per heavy atom. The largest absolute Gasteiger partial charge is 0.450 e. The lowest BCUT2D eigenvalue weighted by Crippen LogP contribution is -1.98. The lowest BCUT2D eigenvalue weighted by molar-refractivity contribution is 0.360. The van der Waals surface area contributed by atoms with Gasteiger partial charge in [-0.1, -0.05) is 278 Å². The number of para-hydroxylation sites is 2. The molecule has 18 rings (SSSR count). The zero-order chi connectivity index (χ0) is 60.9. The molecule has 0 saturated carbocycles. The van der Waals surface area contributed by atoms with Crippen molar-refractivity contribution in [1.82, 2.24) is 9.97 Å². The number of aromatic nitrogens is 2. The first-order chi connectivity index (χ1) is 45.6. The summed E-state index contributed by atoms with van der Waals surface area (Å²) in [6.07, 6.45) is 3.99. The van der Waals surface area contributed by atoms with E-state index in [1.807, 2.05) is 72.3 Å². The quantitative estimate of drug-likeness (QED) is 0.141. The number of rotatable bonds is 8. The van der Waals surface area contributed by atoms with Gasteiger partial charge in [0.25, 0.3) is 0 Å². The molecule has 0 unspecified atom stereocenters. The summed E-state index contributed by atoms with van der Waals surface area (Å²) in [4.78, 5) is 15.4. The van der Waals surface area contributed by atoms with Gasteiger partial charge in [0.15, 0.2) is 23.0 Å². The van der Waals surface area contributed by atoms with Gasteiger partial charge in [0, 0.05) is 54.2 Å². The van der Waals surface area contributed by atoms with Crippen LogP contribution in [0.5, 0.6) is 23.0 Å². The molecule has 0 radical (unpaired) electrons. The maximum Gasteiger partial charge on any atom is 0.170 e. The zero-order valence-electron chi connectivity index (χ0n) is 49.7. The van der Waals surface area contributed by atoms with Crippen LogP contribution in [0.15, 0.2) is 347 Å². The van der Waals surface area contributed by atoms with Crippen molar-refractivity contribution in [2.45, 2.75) is 19.6 Å². The molecule has 4 nitrogen and oxygen atoms in total. The monoisotopic (exact) mass is 1210 g/mol. The first-order valence-electron chi connectivity index (χ1n) is 30.9. The van der Waals surface area contributed by atoms with Crippen molar-refractivity contribution in [3.8, 4) is 112 Å². The Bertz CT molecular complexity index is 5030. The predicted octanol–water partition coefficient (Wildman–Crippen LogP) is 24.6. The molecule has 0 atom stereocenters. The van der Waals surface area contributed by atoms with Gasteiger partial charge >= 0.3 is 0 Å². The van der Waals surface area contributed by atoms with Crippen molar-refractivity contribution in [1.29, 1.82) is 0 Å². The molecule has 0 N–H and O–H groups in total. The normalized spacial score (nSPS) is 12.0. The standard InChI is InChI=1S/C43H27NO2.C43H27NS2/c2*1-2-10-28(11-3-1)29-18-20-30(21-19-29)42-33-12-4-6-14-35(33)43(36-15-7-5-13-34(36)42)37-24-22-32(27-44-37)31-23-25-40-41(26-31)46-39-17-9-8-16-38(39)45-40/h2*1-27H. The summed E-state index contributed by atoms with van der Waals surface area (Å²) >= 11 is 3.70. The maximum absolute atomic E-state index is 6.16. The molecule has 0 bridgehead atoms. The molecule has 92 heavy (non-hydrogen) atoms. The van der Waals surface area contributed by atoms with Crippen molar-refractivity contribution < 1.29 is 9.47 Å². The summed E-state index contributed by atoms with van der Waals surface area (Å²) in [6.45, 7) is 0. The Kier molecular flexibility index (Phi) is 14.1. The minimum Gasteiger partial charge on any atom is -0.450 e. The summed E-state index contributed by atoms with van der Waals surface area (Å²) in [5, 5.41) is 9.68. The minimum absolute atomic E-state index is 0.699. The fraction of sp³-hybridized carbons (Fsp3) is 0. The number of hydrogen-bond acceptors (Lipinski definition) is 6. The number of pyridine rings is 2. The maximum atomic E-state index is 6.16. The van der Waals surface area contributed by atoms with Crippen LogP contribution in [0.25, 0.3) is 132 Å². The van der Waals surface area contributed by atoms with E-state index in [4.69, 9.17) is 19.4 Å². The van der Waals surface area contributed by atoms with Gasteiger partial charge in [-0.15, -0.1) is 0 Å². The van der Waals surface area contributed by atoms with Gasteiger partial charge in [-0.25, -0.2) is 0 Å². The molecule has 4 heterocycles. The van der Waals surface area contributed by atoms with Crippen LogP contribution in [0.2, 0.25) is 0 Å². The highest BCUT2D eigenvalue weighted by Gasteiger charge is 2.23. The first-order valence-corrected chi connectivity index (χ1v) is 32.5. The summed E-state index contributed by atoms with van der Waals surface area (Å²) in [5.41, 5.74) is 18.4. The van der Waals surface area contributed by atoms with Crippen LogP contribution < -0.4 is 9.47 Å². The van der Waals surface area contributed by atoms with Gasteiger partial charge < -0.3 is 9.47 Å². The number of fused-ring (bicyclic) bond motifs is 8. The van der Waals surface area contributed by atoms with Crippen LogP contribution in [0.4, 0.5) is 0 Å². The highest BCUT2D eigenvalue weighted by atomic mass is 32.2. The number of hydrogen-bond donors (Lipinski definition) is 0. The van der Waals surface area contributed by atoms with Gasteiger partial charge in [-0.05, 0) is 159 Å². The van der Waals surface area contributed by atoms with E-state index in [1.165, 1.54) is 118 Å².